The van der Waals surface area contributed by atoms with Crippen molar-refractivity contribution in [2.24, 2.45) is 14.1 Å². The second-order valence-corrected chi connectivity index (χ2v) is 22.4. The molecule has 1 aliphatic rings. The van der Waals surface area contributed by atoms with Crippen LogP contribution in [0.15, 0.2) is 270 Å². The summed E-state index contributed by atoms with van der Waals surface area (Å²) in [7, 11) is 4.25. The maximum Gasteiger partial charge on any atom is 0.235 e. The van der Waals surface area contributed by atoms with Crippen molar-refractivity contribution in [3.63, 3.8) is 0 Å². The Morgan fingerprint density at radius 1 is 0.325 bits per heavy atom. The molecule has 0 amide bonds. The van der Waals surface area contributed by atoms with E-state index in [9.17, 15) is 0 Å². The first-order chi connectivity index (χ1) is 39.3. The average molecular weight is 1160 g/mol. The number of hydrogen-bond acceptors (Lipinski definition) is 2. The van der Waals surface area contributed by atoms with Crippen LogP contribution in [0.2, 0.25) is 0 Å². The molecule has 4 aromatic heterocycles. The lowest BCUT2D eigenvalue weighted by Gasteiger charge is -2.10. The lowest BCUT2D eigenvalue weighted by Crippen LogP contribution is -2.01. The third kappa shape index (κ3) is 8.89. The van der Waals surface area contributed by atoms with Crippen molar-refractivity contribution in [2.75, 3.05) is 0 Å². The fourth-order valence-electron chi connectivity index (χ4n) is 11.9. The van der Waals surface area contributed by atoms with E-state index in [0.29, 0.717) is 5.95 Å². The Hall–Kier alpha value is -9.14. The van der Waals surface area contributed by atoms with E-state index in [2.05, 4.69) is 302 Å². The molecule has 0 aliphatic heterocycles. The van der Waals surface area contributed by atoms with Crippen molar-refractivity contribution in [3.8, 4) is 61.7 Å². The molecule has 11 aromatic carbocycles. The Labute approximate surface area is 481 Å². The summed E-state index contributed by atoms with van der Waals surface area (Å²) in [6, 6.07) is 90.7. The van der Waals surface area contributed by atoms with Crippen LogP contribution >= 0.6 is 31.9 Å². The van der Waals surface area contributed by atoms with Gasteiger partial charge in [-0.05, 0) is 147 Å². The van der Waals surface area contributed by atoms with Crippen LogP contribution in [0.4, 0.5) is 0 Å². The number of rotatable bonds is 5. The number of fused-ring (bicyclic) bond motifs is 12. The monoisotopic (exact) mass is 1160 g/mol. The Morgan fingerprint density at radius 2 is 0.775 bits per heavy atom. The van der Waals surface area contributed by atoms with E-state index in [1.807, 2.05) is 18.3 Å². The zero-order chi connectivity index (χ0) is 53.8. The minimum Gasteiger partial charge on any atom is -0.344 e. The highest BCUT2D eigenvalue weighted by Crippen LogP contribution is 2.40. The number of hydrogen-bond donors (Lipinski definition) is 0. The Balaban J connectivity index is 0.000000160. The summed E-state index contributed by atoms with van der Waals surface area (Å²) < 4.78 is 8.99. The topological polar surface area (TPSA) is 40.6 Å². The number of aryl methyl sites for hydroxylation is 2. The first-order valence-electron chi connectivity index (χ1n) is 26.9. The fraction of sp³-hybridized carbons (Fsp3) is 0.0411. The maximum atomic E-state index is 5.17. The summed E-state index contributed by atoms with van der Waals surface area (Å²) >= 11 is 7.03. The molecular formula is C73H51Br2N5. The molecule has 382 valence electrons. The van der Waals surface area contributed by atoms with Gasteiger partial charge in [-0.2, -0.15) is 0 Å². The Bertz CT molecular complexity index is 4850. The Morgan fingerprint density at radius 3 is 1.49 bits per heavy atom. The van der Waals surface area contributed by atoms with Crippen LogP contribution in [0.1, 0.15) is 11.1 Å². The normalized spacial score (nSPS) is 11.7. The van der Waals surface area contributed by atoms with Gasteiger partial charge in [-0.3, -0.25) is 4.57 Å². The van der Waals surface area contributed by atoms with Crippen molar-refractivity contribution in [2.45, 2.75) is 6.42 Å². The zero-order valence-corrected chi connectivity index (χ0v) is 47.2. The van der Waals surface area contributed by atoms with Gasteiger partial charge in [0.1, 0.15) is 0 Å². The van der Waals surface area contributed by atoms with Gasteiger partial charge in [-0.15, -0.1) is 0 Å². The third-order valence-electron chi connectivity index (χ3n) is 15.9. The van der Waals surface area contributed by atoms with Gasteiger partial charge in [0.2, 0.25) is 5.95 Å². The van der Waals surface area contributed by atoms with Crippen LogP contribution in [0.5, 0.6) is 0 Å². The van der Waals surface area contributed by atoms with Crippen LogP contribution < -0.4 is 0 Å². The highest BCUT2D eigenvalue weighted by Gasteiger charge is 2.19. The van der Waals surface area contributed by atoms with Crippen molar-refractivity contribution in [3.05, 3.63) is 281 Å². The summed E-state index contributed by atoms with van der Waals surface area (Å²) in [5, 5.41) is 7.52. The van der Waals surface area contributed by atoms with E-state index in [1.165, 1.54) is 104 Å². The van der Waals surface area contributed by atoms with Gasteiger partial charge in [0.05, 0.1) is 16.7 Å². The molecule has 0 N–H and O–H groups in total. The standard InChI is InChI=1S/C47H32N4.C13H10BrN.C13H9Br/c1-50-43-16-7-5-14-38(43)40-29-35(22-24-44(40)50)36-23-25-46-41(30-36)39-15-6-8-17-45(39)51(46)47-48-27-26-42(49-47)37-13-9-12-34(28-37)33-20-18-32(19-21-33)31-10-3-2-4-11-31;1-15-12-5-3-2-4-10(12)11-8-9(14)6-7-13(11)15;14-11-6-5-10-7-9-3-1-2-4-12(9)13(10)8-11/h2-30H,1H3;2-8H,1H3;1-6,8H,7H2. The van der Waals surface area contributed by atoms with Crippen molar-refractivity contribution >= 4 is 97.3 Å². The first-order valence-corrected chi connectivity index (χ1v) is 28.5. The maximum absolute atomic E-state index is 5.17. The highest BCUT2D eigenvalue weighted by atomic mass is 79.9. The molecule has 0 fully saturated rings. The molecule has 0 saturated carbocycles. The third-order valence-corrected chi connectivity index (χ3v) is 16.9. The zero-order valence-electron chi connectivity index (χ0n) is 44.0. The quantitative estimate of drug-likeness (QED) is 0.172. The van der Waals surface area contributed by atoms with Crippen molar-refractivity contribution < 1.29 is 0 Å². The molecule has 7 heteroatoms. The van der Waals surface area contributed by atoms with Crippen LogP contribution in [-0.4, -0.2) is 23.7 Å². The van der Waals surface area contributed by atoms with E-state index in [4.69, 9.17) is 9.97 Å². The molecule has 0 atom stereocenters. The molecular weight excluding hydrogens is 1110 g/mol. The summed E-state index contributed by atoms with van der Waals surface area (Å²) in [5.41, 5.74) is 21.9. The predicted octanol–water partition coefficient (Wildman–Crippen LogP) is 20.0. The minimum absolute atomic E-state index is 0.654. The molecule has 16 rings (SSSR count). The largest absolute Gasteiger partial charge is 0.344 e. The molecule has 0 unspecified atom stereocenters. The summed E-state index contributed by atoms with van der Waals surface area (Å²) in [4.78, 5) is 9.99. The van der Waals surface area contributed by atoms with Crippen LogP contribution in [0.25, 0.3) is 127 Å². The van der Waals surface area contributed by atoms with Gasteiger partial charge in [0.15, 0.2) is 0 Å². The van der Waals surface area contributed by atoms with E-state index in [-0.39, 0.29) is 0 Å². The van der Waals surface area contributed by atoms with Gasteiger partial charge in [0, 0.05) is 89.2 Å². The Kier molecular flexibility index (Phi) is 12.7. The van der Waals surface area contributed by atoms with Gasteiger partial charge in [0.25, 0.3) is 0 Å². The van der Waals surface area contributed by atoms with Crippen LogP contribution in [0, 0.1) is 0 Å². The molecule has 0 bridgehead atoms. The number of halogens is 2. The minimum atomic E-state index is 0.654. The van der Waals surface area contributed by atoms with Crippen molar-refractivity contribution in [1.29, 1.82) is 0 Å². The smallest absolute Gasteiger partial charge is 0.235 e. The molecule has 80 heavy (non-hydrogen) atoms. The van der Waals surface area contributed by atoms with Gasteiger partial charge in [-0.25, -0.2) is 9.97 Å². The van der Waals surface area contributed by atoms with Crippen molar-refractivity contribution in [1.82, 2.24) is 23.7 Å². The molecule has 4 heterocycles. The van der Waals surface area contributed by atoms with Gasteiger partial charge >= 0.3 is 0 Å². The molecule has 0 radical (unpaired) electrons. The summed E-state index contributed by atoms with van der Waals surface area (Å²) in [5.74, 6) is 0.654. The molecule has 5 nitrogen and oxygen atoms in total. The second-order valence-electron chi connectivity index (χ2n) is 20.5. The lowest BCUT2D eigenvalue weighted by atomic mass is 9.98. The molecule has 0 saturated heterocycles. The predicted molar refractivity (Wildman–Crippen MR) is 343 cm³/mol. The SMILES string of the molecule is Brc1ccc2c(c1)-c1ccccc1C2.Cn1c2ccccc2c2cc(-c3ccc4c(c3)c3ccccc3n4-c3nccc(-c4cccc(-c5ccc(-c6ccccc6)cc5)c4)n3)ccc21.Cn1c2ccccc2c2cc(Br)ccc21. The van der Waals surface area contributed by atoms with Gasteiger partial charge in [-0.1, -0.05) is 202 Å². The van der Waals surface area contributed by atoms with Crippen LogP contribution in [0.3, 0.4) is 0 Å². The lowest BCUT2D eigenvalue weighted by molar-refractivity contribution is 0.992. The number of para-hydroxylation sites is 3. The molecule has 0 spiro atoms. The summed E-state index contributed by atoms with van der Waals surface area (Å²) in [6.45, 7) is 0. The van der Waals surface area contributed by atoms with E-state index < -0.39 is 0 Å². The highest BCUT2D eigenvalue weighted by molar-refractivity contribution is 9.10. The molecule has 15 aromatic rings. The number of aromatic nitrogens is 5. The average Bonchev–Trinajstić information content (AvgIpc) is 4.32. The second kappa shape index (κ2) is 20.6. The van der Waals surface area contributed by atoms with Crippen LogP contribution in [-0.2, 0) is 20.5 Å². The number of nitrogens with zero attached hydrogens (tertiary/aromatic N) is 5. The first kappa shape index (κ1) is 49.2. The molecule has 1 aliphatic carbocycles. The van der Waals surface area contributed by atoms with E-state index in [1.54, 1.807) is 0 Å². The van der Waals surface area contributed by atoms with E-state index >= 15 is 0 Å². The fourth-order valence-corrected chi connectivity index (χ4v) is 12.6. The van der Waals surface area contributed by atoms with Gasteiger partial charge < -0.3 is 9.13 Å². The summed E-state index contributed by atoms with van der Waals surface area (Å²) in [6.07, 6.45) is 2.95. The van der Waals surface area contributed by atoms with E-state index in [0.717, 1.165) is 43.2 Å². The number of benzene rings is 11.